The van der Waals surface area contributed by atoms with Gasteiger partial charge in [-0.3, -0.25) is 0 Å². The maximum atomic E-state index is 13.0. The van der Waals surface area contributed by atoms with Gasteiger partial charge in [-0.1, -0.05) is 0 Å². The molecular weight excluding hydrogens is 268 g/mol. The molecule has 2 N–H and O–H groups in total. The van der Waals surface area contributed by atoms with Crippen molar-refractivity contribution >= 4 is 10.0 Å². The number of aliphatic hydroxyl groups excluding tert-OH is 2. The predicted molar refractivity (Wildman–Crippen MR) is 57.1 cm³/mol. The lowest BCUT2D eigenvalue weighted by Crippen LogP contribution is -2.30. The molecule has 0 saturated carbocycles. The van der Waals surface area contributed by atoms with E-state index in [2.05, 4.69) is 0 Å². The Balaban J connectivity index is 2.37. The lowest BCUT2D eigenvalue weighted by molar-refractivity contribution is 0.0572. The SMILES string of the molecule is O=S(=O)(c1cc(F)cc(F)c1)N1CC(O)C(O)C1. The van der Waals surface area contributed by atoms with Crippen molar-refractivity contribution in [2.24, 2.45) is 0 Å². The van der Waals surface area contributed by atoms with E-state index in [4.69, 9.17) is 0 Å². The second kappa shape index (κ2) is 4.54. The van der Waals surface area contributed by atoms with Gasteiger partial charge in [0.2, 0.25) is 10.0 Å². The van der Waals surface area contributed by atoms with Gasteiger partial charge in [-0.15, -0.1) is 0 Å². The minimum Gasteiger partial charge on any atom is -0.389 e. The molecule has 1 aliphatic heterocycles. The molecule has 2 rings (SSSR count). The van der Waals surface area contributed by atoms with Gasteiger partial charge in [0.1, 0.15) is 11.6 Å². The van der Waals surface area contributed by atoms with E-state index in [1.165, 1.54) is 0 Å². The van der Waals surface area contributed by atoms with Crippen molar-refractivity contribution in [1.82, 2.24) is 4.31 Å². The summed E-state index contributed by atoms with van der Waals surface area (Å²) in [5.41, 5.74) is 0. The molecule has 0 aliphatic carbocycles. The molecule has 100 valence electrons. The average molecular weight is 279 g/mol. The summed E-state index contributed by atoms with van der Waals surface area (Å²) in [6.07, 6.45) is -2.39. The van der Waals surface area contributed by atoms with Gasteiger partial charge >= 0.3 is 0 Å². The highest BCUT2D eigenvalue weighted by molar-refractivity contribution is 7.89. The number of hydrogen-bond acceptors (Lipinski definition) is 4. The number of halogens is 2. The highest BCUT2D eigenvalue weighted by atomic mass is 32.2. The fourth-order valence-corrected chi connectivity index (χ4v) is 3.28. The number of β-amino-alcohol motifs (C(OH)–C–C–N with tert-alkyl or cyclic N) is 2. The summed E-state index contributed by atoms with van der Waals surface area (Å²) in [6, 6.07) is 1.94. The Bertz CT molecular complexity index is 533. The van der Waals surface area contributed by atoms with Gasteiger partial charge in [0, 0.05) is 19.2 Å². The van der Waals surface area contributed by atoms with Crippen LogP contribution in [0.4, 0.5) is 8.78 Å². The molecule has 0 bridgehead atoms. The summed E-state index contributed by atoms with van der Waals surface area (Å²) >= 11 is 0. The third-order valence-electron chi connectivity index (χ3n) is 2.70. The summed E-state index contributed by atoms with van der Waals surface area (Å²) in [6.45, 7) is -0.608. The minimum atomic E-state index is -4.12. The maximum absolute atomic E-state index is 13.0. The molecule has 18 heavy (non-hydrogen) atoms. The summed E-state index contributed by atoms with van der Waals surface area (Å²) in [7, 11) is -4.12. The Morgan fingerprint density at radius 3 is 1.94 bits per heavy atom. The van der Waals surface area contributed by atoms with Gasteiger partial charge in [-0.2, -0.15) is 4.31 Å². The van der Waals surface area contributed by atoms with Gasteiger partial charge in [-0.05, 0) is 12.1 Å². The molecule has 0 radical (unpaired) electrons. The first-order valence-corrected chi connectivity index (χ1v) is 6.57. The Hall–Kier alpha value is -1.09. The van der Waals surface area contributed by atoms with Gasteiger partial charge in [0.05, 0.1) is 17.1 Å². The Kier molecular flexibility index (Phi) is 3.37. The van der Waals surface area contributed by atoms with Crippen molar-refractivity contribution in [2.75, 3.05) is 13.1 Å². The molecule has 0 aromatic heterocycles. The predicted octanol–water partition coefficient (Wildman–Crippen LogP) is -0.309. The first kappa shape index (κ1) is 13.3. The number of rotatable bonds is 2. The molecule has 8 heteroatoms. The van der Waals surface area contributed by atoms with Crippen LogP contribution < -0.4 is 0 Å². The second-order valence-electron chi connectivity index (χ2n) is 4.06. The topological polar surface area (TPSA) is 77.8 Å². The molecule has 1 heterocycles. The molecule has 0 amide bonds. The number of nitrogens with zero attached hydrogens (tertiary/aromatic N) is 1. The van der Waals surface area contributed by atoms with E-state index in [1.807, 2.05) is 0 Å². The van der Waals surface area contributed by atoms with Crippen molar-refractivity contribution in [3.05, 3.63) is 29.8 Å². The Morgan fingerprint density at radius 2 is 1.50 bits per heavy atom. The second-order valence-corrected chi connectivity index (χ2v) is 6.00. The number of benzene rings is 1. The Morgan fingerprint density at radius 1 is 1.06 bits per heavy atom. The van der Waals surface area contributed by atoms with E-state index < -0.39 is 38.8 Å². The van der Waals surface area contributed by atoms with Crippen molar-refractivity contribution in [1.29, 1.82) is 0 Å². The lowest BCUT2D eigenvalue weighted by Gasteiger charge is -2.15. The fraction of sp³-hybridized carbons (Fsp3) is 0.400. The summed E-state index contributed by atoms with van der Waals surface area (Å²) in [5, 5.41) is 18.6. The van der Waals surface area contributed by atoms with Gasteiger partial charge in [0.25, 0.3) is 0 Å². The summed E-state index contributed by atoms with van der Waals surface area (Å²) in [4.78, 5) is -0.540. The van der Waals surface area contributed by atoms with E-state index in [-0.39, 0.29) is 13.1 Å². The molecular formula is C10H11F2NO4S. The Labute approximate surface area is 102 Å². The molecule has 5 nitrogen and oxygen atoms in total. The monoisotopic (exact) mass is 279 g/mol. The first-order chi connectivity index (χ1) is 8.30. The molecule has 1 saturated heterocycles. The van der Waals surface area contributed by atoms with Crippen LogP contribution in [0.1, 0.15) is 0 Å². The van der Waals surface area contributed by atoms with E-state index in [0.717, 1.165) is 4.31 Å². The standard InChI is InChI=1S/C10H11F2NO4S/c11-6-1-7(12)3-8(2-6)18(16,17)13-4-9(14)10(15)5-13/h1-3,9-10,14-15H,4-5H2. The zero-order valence-electron chi connectivity index (χ0n) is 9.12. The van der Waals surface area contributed by atoms with E-state index in [0.29, 0.717) is 18.2 Å². The van der Waals surface area contributed by atoms with Crippen LogP contribution in [-0.2, 0) is 10.0 Å². The molecule has 0 spiro atoms. The highest BCUT2D eigenvalue weighted by Crippen LogP contribution is 2.22. The first-order valence-electron chi connectivity index (χ1n) is 5.13. The smallest absolute Gasteiger partial charge is 0.243 e. The van der Waals surface area contributed by atoms with Gasteiger partial charge in [-0.25, -0.2) is 17.2 Å². The minimum absolute atomic E-state index is 0.304. The average Bonchev–Trinajstić information content (AvgIpc) is 2.58. The van der Waals surface area contributed by atoms with Crippen LogP contribution in [0.2, 0.25) is 0 Å². The van der Waals surface area contributed by atoms with Crippen LogP contribution in [0.15, 0.2) is 23.1 Å². The lowest BCUT2D eigenvalue weighted by atomic mass is 10.3. The normalized spacial score (nSPS) is 25.6. The number of aliphatic hydroxyl groups is 2. The maximum Gasteiger partial charge on any atom is 0.243 e. The van der Waals surface area contributed by atoms with Gasteiger partial charge in [0.15, 0.2) is 0 Å². The molecule has 1 aliphatic rings. The van der Waals surface area contributed by atoms with Crippen LogP contribution in [-0.4, -0.2) is 48.2 Å². The fourth-order valence-electron chi connectivity index (χ4n) is 1.76. The van der Waals surface area contributed by atoms with Crippen molar-refractivity contribution < 1.29 is 27.4 Å². The van der Waals surface area contributed by atoms with Crippen LogP contribution in [0.25, 0.3) is 0 Å². The molecule has 2 atom stereocenters. The van der Waals surface area contributed by atoms with E-state index in [9.17, 15) is 27.4 Å². The third-order valence-corrected chi connectivity index (χ3v) is 4.51. The molecule has 1 aromatic rings. The number of hydrogen-bond donors (Lipinski definition) is 2. The largest absolute Gasteiger partial charge is 0.389 e. The van der Waals surface area contributed by atoms with Crippen molar-refractivity contribution in [3.63, 3.8) is 0 Å². The van der Waals surface area contributed by atoms with Crippen molar-refractivity contribution in [2.45, 2.75) is 17.1 Å². The third kappa shape index (κ3) is 2.37. The zero-order chi connectivity index (χ0) is 13.5. The quantitative estimate of drug-likeness (QED) is 0.778. The molecule has 2 unspecified atom stereocenters. The molecule has 1 fully saturated rings. The van der Waals surface area contributed by atoms with Crippen LogP contribution in [0.5, 0.6) is 0 Å². The highest BCUT2D eigenvalue weighted by Gasteiger charge is 2.37. The number of sulfonamides is 1. The van der Waals surface area contributed by atoms with E-state index >= 15 is 0 Å². The van der Waals surface area contributed by atoms with Crippen molar-refractivity contribution in [3.8, 4) is 0 Å². The van der Waals surface area contributed by atoms with E-state index in [1.54, 1.807) is 0 Å². The summed E-state index contributed by atoms with van der Waals surface area (Å²) < 4.78 is 50.7. The van der Waals surface area contributed by atoms with Crippen LogP contribution in [0.3, 0.4) is 0 Å². The van der Waals surface area contributed by atoms with Crippen LogP contribution >= 0.6 is 0 Å². The molecule has 1 aromatic carbocycles. The zero-order valence-corrected chi connectivity index (χ0v) is 9.94. The van der Waals surface area contributed by atoms with Crippen LogP contribution in [0, 0.1) is 11.6 Å². The summed E-state index contributed by atoms with van der Waals surface area (Å²) in [5.74, 6) is -2.01. The van der Waals surface area contributed by atoms with Gasteiger partial charge < -0.3 is 10.2 Å².